The summed E-state index contributed by atoms with van der Waals surface area (Å²) in [5.41, 5.74) is 6.28. The molecular weight excluding hydrogens is 394 g/mol. The Kier molecular flexibility index (Phi) is 6.19. The van der Waals surface area contributed by atoms with Crippen molar-refractivity contribution in [2.45, 2.75) is 26.8 Å². The van der Waals surface area contributed by atoms with Crippen LogP contribution in [0.3, 0.4) is 0 Å². The SMILES string of the molecule is CCc1ccc(NC(=O)/C(C#N)=C\c2cn(Cc3cccc(C)c3)c3ccccc23)cc1. The fourth-order valence-corrected chi connectivity index (χ4v) is 3.85. The third kappa shape index (κ3) is 4.63. The van der Waals surface area contributed by atoms with Gasteiger partial charge in [-0.15, -0.1) is 0 Å². The highest BCUT2D eigenvalue weighted by molar-refractivity contribution is 6.10. The quantitative estimate of drug-likeness (QED) is 0.303. The summed E-state index contributed by atoms with van der Waals surface area (Å²) in [6.07, 6.45) is 4.61. The third-order valence-corrected chi connectivity index (χ3v) is 5.54. The summed E-state index contributed by atoms with van der Waals surface area (Å²) in [5, 5.41) is 13.5. The summed E-state index contributed by atoms with van der Waals surface area (Å²) < 4.78 is 2.16. The molecule has 0 saturated carbocycles. The van der Waals surface area contributed by atoms with E-state index in [0.29, 0.717) is 12.2 Å². The van der Waals surface area contributed by atoms with Crippen molar-refractivity contribution in [3.05, 3.63) is 107 Å². The van der Waals surface area contributed by atoms with Gasteiger partial charge in [0.05, 0.1) is 0 Å². The Balaban J connectivity index is 1.65. The fourth-order valence-electron chi connectivity index (χ4n) is 3.85. The molecule has 1 heterocycles. The number of carbonyl (C=O) groups excluding carboxylic acids is 1. The molecule has 3 aromatic carbocycles. The van der Waals surface area contributed by atoms with E-state index in [9.17, 15) is 10.1 Å². The maximum atomic E-state index is 12.8. The molecule has 1 amide bonds. The largest absolute Gasteiger partial charge is 0.342 e. The molecule has 4 nitrogen and oxygen atoms in total. The van der Waals surface area contributed by atoms with E-state index in [1.165, 1.54) is 16.7 Å². The summed E-state index contributed by atoms with van der Waals surface area (Å²) in [7, 11) is 0. The van der Waals surface area contributed by atoms with Gasteiger partial charge in [-0.2, -0.15) is 5.26 Å². The van der Waals surface area contributed by atoms with Crippen molar-refractivity contribution in [2.24, 2.45) is 0 Å². The summed E-state index contributed by atoms with van der Waals surface area (Å²) in [6, 6.07) is 26.2. The maximum absolute atomic E-state index is 12.8. The first-order chi connectivity index (χ1) is 15.6. The minimum Gasteiger partial charge on any atom is -0.342 e. The molecular formula is C28H25N3O. The van der Waals surface area contributed by atoms with Crippen molar-refractivity contribution in [3.8, 4) is 6.07 Å². The van der Waals surface area contributed by atoms with Gasteiger partial charge in [0.15, 0.2) is 0 Å². The highest BCUT2D eigenvalue weighted by Crippen LogP contribution is 2.25. The third-order valence-electron chi connectivity index (χ3n) is 5.54. The van der Waals surface area contributed by atoms with Crippen LogP contribution in [0.25, 0.3) is 17.0 Å². The molecule has 0 atom stereocenters. The molecule has 0 bridgehead atoms. The number of benzene rings is 3. The van der Waals surface area contributed by atoms with Crippen molar-refractivity contribution in [3.63, 3.8) is 0 Å². The number of nitrogens with zero attached hydrogens (tertiary/aromatic N) is 2. The van der Waals surface area contributed by atoms with E-state index >= 15 is 0 Å². The second-order valence-electron chi connectivity index (χ2n) is 7.89. The van der Waals surface area contributed by atoms with E-state index in [0.717, 1.165) is 22.9 Å². The normalized spacial score (nSPS) is 11.3. The number of hydrogen-bond donors (Lipinski definition) is 1. The number of nitriles is 1. The van der Waals surface area contributed by atoms with E-state index in [4.69, 9.17) is 0 Å². The average Bonchev–Trinajstić information content (AvgIpc) is 3.15. The molecule has 4 aromatic rings. The van der Waals surface area contributed by atoms with Gasteiger partial charge in [-0.3, -0.25) is 4.79 Å². The minimum atomic E-state index is -0.410. The van der Waals surface area contributed by atoms with Crippen LogP contribution in [0.2, 0.25) is 0 Å². The van der Waals surface area contributed by atoms with E-state index in [-0.39, 0.29) is 5.57 Å². The number of aromatic nitrogens is 1. The standard InChI is InChI=1S/C28H25N3O/c1-3-21-11-13-25(14-12-21)30-28(32)23(17-29)16-24-19-31(27-10-5-4-9-26(24)27)18-22-8-6-7-20(2)15-22/h4-16,19H,3,18H2,1-2H3,(H,30,32)/b23-16-. The van der Waals surface area contributed by atoms with Gasteiger partial charge in [-0.1, -0.05) is 67.1 Å². The lowest BCUT2D eigenvalue weighted by Crippen LogP contribution is -2.13. The van der Waals surface area contributed by atoms with Crippen LogP contribution in [-0.4, -0.2) is 10.5 Å². The number of carbonyl (C=O) groups is 1. The molecule has 0 fully saturated rings. The number of fused-ring (bicyclic) bond motifs is 1. The Morgan fingerprint density at radius 2 is 1.81 bits per heavy atom. The van der Waals surface area contributed by atoms with Gasteiger partial charge >= 0.3 is 0 Å². The average molecular weight is 420 g/mol. The van der Waals surface area contributed by atoms with Crippen molar-refractivity contribution in [2.75, 3.05) is 5.32 Å². The van der Waals surface area contributed by atoms with Gasteiger partial charge in [0.1, 0.15) is 11.6 Å². The molecule has 1 N–H and O–H groups in total. The molecule has 0 spiro atoms. The molecule has 0 saturated heterocycles. The van der Waals surface area contributed by atoms with E-state index in [2.05, 4.69) is 60.1 Å². The summed E-state index contributed by atoms with van der Waals surface area (Å²) >= 11 is 0. The molecule has 4 heteroatoms. The van der Waals surface area contributed by atoms with Crippen molar-refractivity contribution < 1.29 is 4.79 Å². The number of rotatable bonds is 6. The Morgan fingerprint density at radius 1 is 1.03 bits per heavy atom. The summed E-state index contributed by atoms with van der Waals surface area (Å²) in [5.74, 6) is -0.410. The van der Waals surface area contributed by atoms with Crippen LogP contribution in [0, 0.1) is 18.3 Å². The first-order valence-electron chi connectivity index (χ1n) is 10.7. The fraction of sp³-hybridized carbons (Fsp3) is 0.143. The van der Waals surface area contributed by atoms with Crippen LogP contribution in [0.4, 0.5) is 5.69 Å². The van der Waals surface area contributed by atoms with Crippen LogP contribution in [0.1, 0.15) is 29.2 Å². The van der Waals surface area contributed by atoms with E-state index in [1.54, 1.807) is 6.08 Å². The molecule has 4 rings (SSSR count). The zero-order valence-corrected chi connectivity index (χ0v) is 18.3. The topological polar surface area (TPSA) is 57.8 Å². The van der Waals surface area contributed by atoms with Gasteiger partial charge < -0.3 is 9.88 Å². The van der Waals surface area contributed by atoms with Crippen LogP contribution in [0.5, 0.6) is 0 Å². The van der Waals surface area contributed by atoms with Gasteiger partial charge in [0.25, 0.3) is 5.91 Å². The summed E-state index contributed by atoms with van der Waals surface area (Å²) in [4.78, 5) is 12.8. The molecule has 1 aromatic heterocycles. The lowest BCUT2D eigenvalue weighted by Gasteiger charge is -2.06. The number of anilines is 1. The van der Waals surface area contributed by atoms with Gasteiger partial charge in [-0.25, -0.2) is 0 Å². The number of aryl methyl sites for hydroxylation is 2. The van der Waals surface area contributed by atoms with Crippen LogP contribution in [-0.2, 0) is 17.8 Å². The highest BCUT2D eigenvalue weighted by Gasteiger charge is 2.13. The molecule has 0 unspecified atom stereocenters. The van der Waals surface area contributed by atoms with E-state index < -0.39 is 5.91 Å². The minimum absolute atomic E-state index is 0.0722. The van der Waals surface area contributed by atoms with Crippen LogP contribution in [0.15, 0.2) is 84.6 Å². The predicted molar refractivity (Wildman–Crippen MR) is 130 cm³/mol. The van der Waals surface area contributed by atoms with Crippen molar-refractivity contribution >= 4 is 28.6 Å². The van der Waals surface area contributed by atoms with Gasteiger partial charge in [0.2, 0.25) is 0 Å². The van der Waals surface area contributed by atoms with Crippen LogP contribution < -0.4 is 5.32 Å². The first-order valence-corrected chi connectivity index (χ1v) is 10.7. The molecule has 0 aliphatic heterocycles. The number of para-hydroxylation sites is 1. The predicted octanol–water partition coefficient (Wildman–Crippen LogP) is 6.11. The lowest BCUT2D eigenvalue weighted by atomic mass is 10.1. The second-order valence-corrected chi connectivity index (χ2v) is 7.89. The van der Waals surface area contributed by atoms with Gasteiger partial charge in [0, 0.05) is 34.9 Å². The molecule has 158 valence electrons. The molecule has 32 heavy (non-hydrogen) atoms. The zero-order valence-electron chi connectivity index (χ0n) is 18.3. The lowest BCUT2D eigenvalue weighted by molar-refractivity contribution is -0.112. The zero-order chi connectivity index (χ0) is 22.5. The number of nitrogens with one attached hydrogen (secondary N) is 1. The summed E-state index contributed by atoms with van der Waals surface area (Å²) in [6.45, 7) is 4.88. The maximum Gasteiger partial charge on any atom is 0.266 e. The van der Waals surface area contributed by atoms with Gasteiger partial charge in [-0.05, 0) is 48.7 Å². The smallest absolute Gasteiger partial charge is 0.266 e. The highest BCUT2D eigenvalue weighted by atomic mass is 16.1. The monoisotopic (exact) mass is 419 g/mol. The first kappa shape index (κ1) is 21.1. The Morgan fingerprint density at radius 3 is 2.53 bits per heavy atom. The van der Waals surface area contributed by atoms with E-state index in [1.807, 2.05) is 48.7 Å². The Hall–Kier alpha value is -4.10. The molecule has 0 aliphatic rings. The second kappa shape index (κ2) is 9.36. The van der Waals surface area contributed by atoms with Crippen LogP contribution >= 0.6 is 0 Å². The molecule has 0 aliphatic carbocycles. The number of amides is 1. The molecule has 0 radical (unpaired) electrons. The Labute approximate surface area is 188 Å². The number of hydrogen-bond acceptors (Lipinski definition) is 2. The Bertz CT molecular complexity index is 1340. The van der Waals surface area contributed by atoms with Crippen molar-refractivity contribution in [1.29, 1.82) is 5.26 Å². The van der Waals surface area contributed by atoms with Crippen molar-refractivity contribution in [1.82, 2.24) is 4.57 Å².